The number of aryl methyl sites for hydroxylation is 1. The number of benzene rings is 1. The Bertz CT molecular complexity index is 810. The number of para-hydroxylation sites is 1. The summed E-state index contributed by atoms with van der Waals surface area (Å²) in [6.45, 7) is 18.7. The maximum Gasteiger partial charge on any atom is 0.517 e. The third kappa shape index (κ3) is 4.16. The monoisotopic (exact) mass is 388 g/mol. The number of ether oxygens (including phenoxy) is 1. The molecule has 148 valence electrons. The Hall–Kier alpha value is -1.15. The Morgan fingerprint density at radius 3 is 2.33 bits per heavy atom. The summed E-state index contributed by atoms with van der Waals surface area (Å²) in [4.78, 5) is 0. The summed E-state index contributed by atoms with van der Waals surface area (Å²) in [6.07, 6.45) is 0. The van der Waals surface area contributed by atoms with Crippen LogP contribution in [0.3, 0.4) is 0 Å². The van der Waals surface area contributed by atoms with Crippen LogP contribution in [-0.2, 0) is 20.8 Å². The molecule has 0 unspecified atom stereocenters. The number of aromatic nitrogens is 2. The number of fused-ring (bicyclic) bond motifs is 1. The fourth-order valence-corrected chi connectivity index (χ4v) is 3.95. The van der Waals surface area contributed by atoms with Crippen LogP contribution in [0.15, 0.2) is 18.2 Å². The minimum atomic E-state index is -1.10. The molecule has 0 N–H and O–H groups in total. The molecule has 0 saturated carbocycles. The van der Waals surface area contributed by atoms with Crippen molar-refractivity contribution in [1.29, 1.82) is 0 Å². The Morgan fingerprint density at radius 2 is 1.74 bits per heavy atom. The summed E-state index contributed by atoms with van der Waals surface area (Å²) in [5.74, 6) is 0. The highest BCUT2D eigenvalue weighted by Crippen LogP contribution is 2.37. The van der Waals surface area contributed by atoms with Gasteiger partial charge in [-0.1, -0.05) is 37.8 Å². The molecule has 0 radical (unpaired) electrons. The summed E-state index contributed by atoms with van der Waals surface area (Å²) in [5, 5.41) is 5.92. The van der Waals surface area contributed by atoms with E-state index < -0.39 is 15.2 Å². The molecule has 1 aliphatic rings. The van der Waals surface area contributed by atoms with Crippen LogP contribution < -0.4 is 5.59 Å². The summed E-state index contributed by atoms with van der Waals surface area (Å²) in [5.41, 5.74) is 2.34. The van der Waals surface area contributed by atoms with Gasteiger partial charge in [-0.15, -0.1) is 0 Å². The average molecular weight is 388 g/mol. The summed E-state index contributed by atoms with van der Waals surface area (Å²) < 4.78 is 20.4. The van der Waals surface area contributed by atoms with Crippen molar-refractivity contribution < 1.29 is 14.0 Å². The summed E-state index contributed by atoms with van der Waals surface area (Å²) in [7, 11) is -1.57. The van der Waals surface area contributed by atoms with Crippen LogP contribution in [0.1, 0.15) is 33.3 Å². The average Bonchev–Trinajstić information content (AvgIpc) is 2.99. The molecule has 1 aliphatic heterocycles. The number of rotatable bonds is 6. The Kier molecular flexibility index (Phi) is 5.36. The fraction of sp³-hybridized carbons (Fsp3) is 0.650. The first-order valence-corrected chi connectivity index (χ1v) is 13.5. The first-order chi connectivity index (χ1) is 12.4. The number of nitrogens with zero attached hydrogens (tertiary/aromatic N) is 2. The van der Waals surface area contributed by atoms with Crippen molar-refractivity contribution >= 4 is 31.7 Å². The molecule has 5 nitrogen and oxygen atoms in total. The smallest absolute Gasteiger partial charge is 0.398 e. The van der Waals surface area contributed by atoms with Crippen molar-refractivity contribution in [3.8, 4) is 0 Å². The Balaban J connectivity index is 1.88. The van der Waals surface area contributed by atoms with Gasteiger partial charge in [0.1, 0.15) is 12.3 Å². The molecule has 0 aliphatic carbocycles. The Labute approximate surface area is 164 Å². The van der Waals surface area contributed by atoms with E-state index in [4.69, 9.17) is 19.1 Å². The van der Waals surface area contributed by atoms with E-state index in [1.54, 1.807) is 0 Å². The van der Waals surface area contributed by atoms with E-state index in [0.29, 0.717) is 6.73 Å². The third-order valence-corrected chi connectivity index (χ3v) is 7.39. The predicted molar refractivity (Wildman–Crippen MR) is 114 cm³/mol. The van der Waals surface area contributed by atoms with Gasteiger partial charge in [0, 0.05) is 20.1 Å². The molecule has 7 heteroatoms. The van der Waals surface area contributed by atoms with Crippen molar-refractivity contribution in [2.24, 2.45) is 0 Å². The quantitative estimate of drug-likeness (QED) is 0.555. The highest BCUT2D eigenvalue weighted by Gasteiger charge is 2.53. The van der Waals surface area contributed by atoms with Gasteiger partial charge in [-0.3, -0.25) is 0 Å². The van der Waals surface area contributed by atoms with Crippen LogP contribution in [0.2, 0.25) is 25.7 Å². The topological polar surface area (TPSA) is 45.5 Å². The van der Waals surface area contributed by atoms with Crippen LogP contribution in [0.4, 0.5) is 0 Å². The maximum absolute atomic E-state index is 6.25. The first-order valence-electron chi connectivity index (χ1n) is 9.81. The second kappa shape index (κ2) is 7.03. The van der Waals surface area contributed by atoms with Crippen molar-refractivity contribution in [1.82, 2.24) is 9.78 Å². The van der Waals surface area contributed by atoms with Gasteiger partial charge in [0.05, 0.1) is 16.7 Å². The van der Waals surface area contributed by atoms with Crippen molar-refractivity contribution in [3.05, 3.63) is 23.8 Å². The van der Waals surface area contributed by atoms with E-state index >= 15 is 0 Å². The van der Waals surface area contributed by atoms with Crippen LogP contribution in [-0.4, -0.2) is 42.8 Å². The van der Waals surface area contributed by atoms with Crippen molar-refractivity contribution in [3.63, 3.8) is 0 Å². The zero-order valence-corrected chi connectivity index (χ0v) is 19.0. The van der Waals surface area contributed by atoms with Gasteiger partial charge in [0.25, 0.3) is 0 Å². The lowest BCUT2D eigenvalue weighted by Gasteiger charge is -2.32. The van der Waals surface area contributed by atoms with Gasteiger partial charge in [-0.05, 0) is 46.2 Å². The highest BCUT2D eigenvalue weighted by molar-refractivity contribution is 6.76. The fourth-order valence-electron chi connectivity index (χ4n) is 3.19. The second-order valence-corrected chi connectivity index (χ2v) is 15.4. The van der Waals surface area contributed by atoms with Crippen LogP contribution in [0.5, 0.6) is 0 Å². The molecule has 0 amide bonds. The molecule has 3 rings (SSSR count). The SMILES string of the molecule is Cc1cccc2c(B3OC(C)(C)C(C)(C)O3)nn(COCC[Si](C)(C)C)c12. The van der Waals surface area contributed by atoms with E-state index in [1.807, 2.05) is 4.68 Å². The predicted octanol–water partition coefficient (Wildman–Crippen LogP) is 3.96. The largest absolute Gasteiger partial charge is 0.517 e. The minimum Gasteiger partial charge on any atom is -0.398 e. The molecule has 1 aromatic carbocycles. The molecule has 0 atom stereocenters. The molecule has 1 saturated heterocycles. The Morgan fingerprint density at radius 1 is 1.11 bits per heavy atom. The highest BCUT2D eigenvalue weighted by atomic mass is 28.3. The molecular weight excluding hydrogens is 355 g/mol. The zero-order valence-electron chi connectivity index (χ0n) is 18.0. The lowest BCUT2D eigenvalue weighted by molar-refractivity contribution is 0.00578. The van der Waals surface area contributed by atoms with Crippen LogP contribution in [0, 0.1) is 6.92 Å². The van der Waals surface area contributed by atoms with E-state index in [-0.39, 0.29) is 11.2 Å². The van der Waals surface area contributed by atoms with Gasteiger partial charge in [0.2, 0.25) is 0 Å². The molecule has 27 heavy (non-hydrogen) atoms. The molecular formula is C20H33BN2O3Si. The van der Waals surface area contributed by atoms with E-state index in [1.165, 1.54) is 5.56 Å². The van der Waals surface area contributed by atoms with Crippen LogP contribution in [0.25, 0.3) is 10.9 Å². The molecule has 0 bridgehead atoms. The molecule has 1 aromatic heterocycles. The first kappa shape index (κ1) is 20.6. The standard InChI is InChI=1S/C20H33BN2O3Si/c1-15-10-9-11-16-17(15)23(14-24-12-13-27(6,7)8)22-18(16)21-25-19(2,3)20(4,5)26-21/h9-11H,12-14H2,1-8H3. The number of hydrogen-bond acceptors (Lipinski definition) is 4. The molecule has 2 aromatic rings. The second-order valence-electron chi connectivity index (χ2n) is 9.79. The van der Waals surface area contributed by atoms with Gasteiger partial charge in [-0.2, -0.15) is 5.10 Å². The normalized spacial score (nSPS) is 19.2. The minimum absolute atomic E-state index is 0.384. The maximum atomic E-state index is 6.25. The van der Waals surface area contributed by atoms with Crippen molar-refractivity contribution in [2.75, 3.05) is 6.61 Å². The summed E-state index contributed by atoms with van der Waals surface area (Å²) in [6, 6.07) is 7.41. The van der Waals surface area contributed by atoms with E-state index in [9.17, 15) is 0 Å². The van der Waals surface area contributed by atoms with E-state index in [0.717, 1.165) is 29.1 Å². The van der Waals surface area contributed by atoms with Gasteiger partial charge in [-0.25, -0.2) is 4.68 Å². The van der Waals surface area contributed by atoms with E-state index in [2.05, 4.69) is 72.5 Å². The molecule has 1 fully saturated rings. The van der Waals surface area contributed by atoms with Gasteiger partial charge in [0.15, 0.2) is 0 Å². The zero-order chi connectivity index (χ0) is 20.0. The summed E-state index contributed by atoms with van der Waals surface area (Å²) >= 11 is 0. The lowest BCUT2D eigenvalue weighted by atomic mass is 9.82. The van der Waals surface area contributed by atoms with Gasteiger partial charge >= 0.3 is 7.12 Å². The van der Waals surface area contributed by atoms with Crippen LogP contribution >= 0.6 is 0 Å². The molecule has 2 heterocycles. The number of hydrogen-bond donors (Lipinski definition) is 0. The third-order valence-electron chi connectivity index (χ3n) is 5.69. The van der Waals surface area contributed by atoms with Gasteiger partial charge < -0.3 is 14.0 Å². The molecule has 0 spiro atoms. The van der Waals surface area contributed by atoms with Crippen molar-refractivity contribution in [2.45, 2.75) is 78.2 Å². The lowest BCUT2D eigenvalue weighted by Crippen LogP contribution is -2.41.